The summed E-state index contributed by atoms with van der Waals surface area (Å²) in [5.74, 6) is -1.46. The third-order valence-corrected chi connectivity index (χ3v) is 5.64. The van der Waals surface area contributed by atoms with Crippen molar-refractivity contribution >= 4 is 18.0 Å². The van der Waals surface area contributed by atoms with Crippen LogP contribution in [0.2, 0.25) is 0 Å². The number of aliphatic hydroxyl groups excluding tert-OH is 1. The molecule has 2 aromatic carbocycles. The maximum atomic E-state index is 12.2. The van der Waals surface area contributed by atoms with Crippen molar-refractivity contribution in [2.75, 3.05) is 13.2 Å². The van der Waals surface area contributed by atoms with Gasteiger partial charge in [0.2, 0.25) is 5.91 Å². The largest absolute Gasteiger partial charge is 0.478 e. The molecule has 2 amide bonds. The summed E-state index contributed by atoms with van der Waals surface area (Å²) >= 11 is 0. The number of aromatic carboxylic acids is 1. The lowest BCUT2D eigenvalue weighted by Gasteiger charge is -2.16. The Hall–Kier alpha value is -4.31. The van der Waals surface area contributed by atoms with Crippen LogP contribution in [0.15, 0.2) is 60.9 Å². The Labute approximate surface area is 201 Å². The summed E-state index contributed by atoms with van der Waals surface area (Å²) in [6.07, 6.45) is 0.231. The van der Waals surface area contributed by atoms with E-state index >= 15 is 0 Å². The van der Waals surface area contributed by atoms with Crippen LogP contribution in [0.4, 0.5) is 4.79 Å². The lowest BCUT2D eigenvalue weighted by molar-refractivity contribution is -0.123. The van der Waals surface area contributed by atoms with Gasteiger partial charge >= 0.3 is 12.1 Å². The molecule has 3 aromatic rings. The fourth-order valence-electron chi connectivity index (χ4n) is 3.94. The minimum atomic E-state index is -1.15. The Morgan fingerprint density at radius 3 is 2.14 bits per heavy atom. The van der Waals surface area contributed by atoms with Crippen LogP contribution in [0, 0.1) is 0 Å². The number of aromatic nitrogens is 2. The zero-order valence-electron chi connectivity index (χ0n) is 18.7. The summed E-state index contributed by atoms with van der Waals surface area (Å²) < 4.78 is 5.41. The quantitative estimate of drug-likeness (QED) is 0.367. The van der Waals surface area contributed by atoms with Crippen molar-refractivity contribution in [2.45, 2.75) is 25.0 Å². The van der Waals surface area contributed by atoms with Crippen molar-refractivity contribution in [1.29, 1.82) is 0 Å². The fraction of sp³-hybridized carbons (Fsp3) is 0.240. The average molecular weight is 476 g/mol. The number of ether oxygens (including phenoxy) is 1. The van der Waals surface area contributed by atoms with Crippen LogP contribution in [0.3, 0.4) is 0 Å². The highest BCUT2D eigenvalue weighted by atomic mass is 16.5. The van der Waals surface area contributed by atoms with E-state index < -0.39 is 24.1 Å². The molecule has 0 saturated heterocycles. The first kappa shape index (κ1) is 23.8. The standard InChI is InChI=1S/C25H24N4O6/c30-16(9-23(31)28-13-22-26-10-15(11-27-22)24(32)33)12-29-25(34)35-14-21-19-7-3-1-5-17(19)18-6-2-4-8-20(18)21/h1-8,10-11,16,21,30H,9,12-14H2,(H,28,31)(H,29,34)(H,32,33). The van der Waals surface area contributed by atoms with Crippen molar-refractivity contribution in [1.82, 2.24) is 20.6 Å². The second kappa shape index (κ2) is 10.7. The van der Waals surface area contributed by atoms with Gasteiger partial charge in [0, 0.05) is 24.9 Å². The van der Waals surface area contributed by atoms with Crippen LogP contribution in [0.1, 0.15) is 39.6 Å². The molecular weight excluding hydrogens is 452 g/mol. The average Bonchev–Trinajstić information content (AvgIpc) is 3.19. The van der Waals surface area contributed by atoms with E-state index in [9.17, 15) is 19.5 Å². The van der Waals surface area contributed by atoms with Crippen molar-refractivity contribution in [3.05, 3.63) is 83.4 Å². The van der Waals surface area contributed by atoms with Gasteiger partial charge in [-0.15, -0.1) is 0 Å². The number of nitrogens with zero attached hydrogens (tertiary/aromatic N) is 2. The first-order valence-electron chi connectivity index (χ1n) is 11.0. The topological polar surface area (TPSA) is 151 Å². The van der Waals surface area contributed by atoms with Crippen LogP contribution in [0.5, 0.6) is 0 Å². The number of hydrogen-bond acceptors (Lipinski definition) is 7. The lowest BCUT2D eigenvalue weighted by atomic mass is 9.98. The van der Waals surface area contributed by atoms with Gasteiger partial charge in [-0.05, 0) is 22.3 Å². The monoisotopic (exact) mass is 476 g/mol. The number of carboxylic acid groups (broad SMARTS) is 1. The molecule has 0 bridgehead atoms. The molecule has 4 rings (SSSR count). The van der Waals surface area contributed by atoms with Gasteiger partial charge in [-0.1, -0.05) is 48.5 Å². The van der Waals surface area contributed by atoms with Crippen LogP contribution in [0.25, 0.3) is 11.1 Å². The Kier molecular flexibility index (Phi) is 7.32. The molecule has 10 nitrogen and oxygen atoms in total. The summed E-state index contributed by atoms with van der Waals surface area (Å²) in [5, 5.41) is 23.9. The van der Waals surface area contributed by atoms with Crippen LogP contribution in [-0.4, -0.2) is 57.4 Å². The van der Waals surface area contributed by atoms with E-state index in [0.717, 1.165) is 34.6 Å². The number of carboxylic acids is 1. The fourth-order valence-corrected chi connectivity index (χ4v) is 3.94. The predicted molar refractivity (Wildman–Crippen MR) is 125 cm³/mol. The van der Waals surface area contributed by atoms with Crippen molar-refractivity contribution in [2.24, 2.45) is 0 Å². The van der Waals surface area contributed by atoms with Crippen LogP contribution >= 0.6 is 0 Å². The molecule has 0 aliphatic heterocycles. The van der Waals surface area contributed by atoms with E-state index in [2.05, 4.69) is 20.6 Å². The van der Waals surface area contributed by atoms with Crippen LogP contribution < -0.4 is 10.6 Å². The number of hydrogen-bond donors (Lipinski definition) is 4. The van der Waals surface area contributed by atoms with E-state index in [1.165, 1.54) is 0 Å². The van der Waals surface area contributed by atoms with Gasteiger partial charge < -0.3 is 25.6 Å². The molecule has 1 heterocycles. The number of amides is 2. The third kappa shape index (κ3) is 5.79. The van der Waals surface area contributed by atoms with Gasteiger partial charge in [0.15, 0.2) is 0 Å². The molecule has 180 valence electrons. The number of rotatable bonds is 9. The van der Waals surface area contributed by atoms with Crippen molar-refractivity contribution in [3.8, 4) is 11.1 Å². The Morgan fingerprint density at radius 2 is 1.54 bits per heavy atom. The molecule has 0 radical (unpaired) electrons. The minimum Gasteiger partial charge on any atom is -0.478 e. The van der Waals surface area contributed by atoms with Gasteiger partial charge in [0.05, 0.1) is 24.6 Å². The third-order valence-electron chi connectivity index (χ3n) is 5.64. The van der Waals surface area contributed by atoms with Crippen molar-refractivity contribution < 1.29 is 29.3 Å². The summed E-state index contributed by atoms with van der Waals surface area (Å²) in [7, 11) is 0. The highest BCUT2D eigenvalue weighted by Gasteiger charge is 2.29. The van der Waals surface area contributed by atoms with E-state index in [1.54, 1.807) is 0 Å². The lowest BCUT2D eigenvalue weighted by Crippen LogP contribution is -2.36. The molecule has 1 aromatic heterocycles. The summed E-state index contributed by atoms with van der Waals surface area (Å²) in [6.45, 7) is -0.0315. The maximum Gasteiger partial charge on any atom is 0.407 e. The second-order valence-electron chi connectivity index (χ2n) is 8.03. The maximum absolute atomic E-state index is 12.2. The van der Waals surface area contributed by atoms with Gasteiger partial charge in [-0.2, -0.15) is 0 Å². The van der Waals surface area contributed by atoms with E-state index in [-0.39, 0.29) is 43.4 Å². The molecule has 1 aliphatic carbocycles. The number of carbonyl (C=O) groups excluding carboxylic acids is 2. The second-order valence-corrected chi connectivity index (χ2v) is 8.03. The first-order valence-corrected chi connectivity index (χ1v) is 11.0. The van der Waals surface area contributed by atoms with Crippen molar-refractivity contribution in [3.63, 3.8) is 0 Å². The number of fused-ring (bicyclic) bond motifs is 3. The molecule has 35 heavy (non-hydrogen) atoms. The SMILES string of the molecule is O=C(CC(O)CNC(=O)OCC1c2ccccc2-c2ccccc21)NCc1ncc(C(=O)O)cn1. The summed E-state index contributed by atoms with van der Waals surface area (Å²) in [5.41, 5.74) is 4.39. The van der Waals surface area contributed by atoms with E-state index in [4.69, 9.17) is 9.84 Å². The first-order chi connectivity index (χ1) is 16.9. The molecule has 10 heteroatoms. The van der Waals surface area contributed by atoms with Crippen LogP contribution in [-0.2, 0) is 16.1 Å². The van der Waals surface area contributed by atoms with E-state index in [1.807, 2.05) is 48.5 Å². The predicted octanol–water partition coefficient (Wildman–Crippen LogP) is 2.08. The number of nitrogens with one attached hydrogen (secondary N) is 2. The molecule has 1 aliphatic rings. The Balaban J connectivity index is 1.20. The summed E-state index contributed by atoms with van der Waals surface area (Å²) in [6, 6.07) is 16.0. The number of aliphatic hydroxyl groups is 1. The molecule has 4 N–H and O–H groups in total. The molecule has 0 saturated carbocycles. The number of alkyl carbamates (subject to hydrolysis) is 1. The number of carbonyl (C=O) groups is 3. The zero-order chi connectivity index (χ0) is 24.8. The zero-order valence-corrected chi connectivity index (χ0v) is 18.7. The van der Waals surface area contributed by atoms with Gasteiger partial charge in [-0.3, -0.25) is 4.79 Å². The highest BCUT2D eigenvalue weighted by molar-refractivity contribution is 5.86. The highest BCUT2D eigenvalue weighted by Crippen LogP contribution is 2.44. The molecule has 1 unspecified atom stereocenters. The normalized spacial score (nSPS) is 12.8. The smallest absolute Gasteiger partial charge is 0.407 e. The Bertz CT molecular complexity index is 1190. The molecule has 1 atom stereocenters. The Morgan fingerprint density at radius 1 is 0.943 bits per heavy atom. The molecular formula is C25H24N4O6. The summed E-state index contributed by atoms with van der Waals surface area (Å²) in [4.78, 5) is 42.7. The van der Waals surface area contributed by atoms with Gasteiger partial charge in [-0.25, -0.2) is 19.6 Å². The van der Waals surface area contributed by atoms with Gasteiger partial charge in [0.1, 0.15) is 12.4 Å². The number of benzene rings is 2. The van der Waals surface area contributed by atoms with Gasteiger partial charge in [0.25, 0.3) is 0 Å². The minimum absolute atomic E-state index is 0.0226. The molecule has 0 fully saturated rings. The van der Waals surface area contributed by atoms with E-state index in [0.29, 0.717) is 0 Å². The molecule has 0 spiro atoms.